The zero-order valence-electron chi connectivity index (χ0n) is 13.3. The van der Waals surface area contributed by atoms with Crippen molar-refractivity contribution in [3.63, 3.8) is 0 Å². The number of hydrogen-bond acceptors (Lipinski definition) is 4. The molecule has 3 rings (SSSR count). The molecule has 0 saturated heterocycles. The van der Waals surface area contributed by atoms with E-state index < -0.39 is 11.5 Å². The van der Waals surface area contributed by atoms with Crippen LogP contribution in [0.15, 0.2) is 71.5 Å². The molecule has 0 aliphatic heterocycles. The summed E-state index contributed by atoms with van der Waals surface area (Å²) in [6.07, 6.45) is 0. The molecule has 0 bridgehead atoms. The summed E-state index contributed by atoms with van der Waals surface area (Å²) in [7, 11) is 0. The van der Waals surface area contributed by atoms with Gasteiger partial charge in [-0.3, -0.25) is 9.59 Å². The number of esters is 1. The predicted octanol–water partition coefficient (Wildman–Crippen LogP) is 2.79. The van der Waals surface area contributed by atoms with Crippen molar-refractivity contribution in [2.45, 2.75) is 13.2 Å². The van der Waals surface area contributed by atoms with Crippen LogP contribution in [0.4, 0.5) is 4.39 Å². The highest BCUT2D eigenvalue weighted by atomic mass is 19.1. The lowest BCUT2D eigenvalue weighted by Gasteiger charge is -2.08. The van der Waals surface area contributed by atoms with E-state index in [1.807, 2.05) is 30.3 Å². The van der Waals surface area contributed by atoms with Crippen LogP contribution in [0.3, 0.4) is 0 Å². The highest BCUT2D eigenvalue weighted by Gasteiger charge is 2.09. The number of carbonyl (C=O) groups is 1. The number of ether oxygens (including phenoxy) is 1. The quantitative estimate of drug-likeness (QED) is 0.671. The minimum Gasteiger partial charge on any atom is -0.459 e. The largest absolute Gasteiger partial charge is 0.459 e. The lowest BCUT2D eigenvalue weighted by molar-refractivity contribution is -0.146. The Bertz CT molecular complexity index is 921. The Morgan fingerprint density at radius 3 is 2.44 bits per heavy atom. The van der Waals surface area contributed by atoms with Crippen molar-refractivity contribution in [1.82, 2.24) is 9.78 Å². The Hall–Kier alpha value is -3.28. The Kier molecular flexibility index (Phi) is 4.99. The third-order valence-corrected chi connectivity index (χ3v) is 3.53. The van der Waals surface area contributed by atoms with Gasteiger partial charge in [0.2, 0.25) is 0 Å². The Morgan fingerprint density at radius 2 is 1.72 bits per heavy atom. The van der Waals surface area contributed by atoms with Crippen LogP contribution in [0.25, 0.3) is 11.3 Å². The second-order valence-electron chi connectivity index (χ2n) is 5.37. The monoisotopic (exact) mass is 338 g/mol. The van der Waals surface area contributed by atoms with Gasteiger partial charge in [-0.1, -0.05) is 30.3 Å². The molecule has 0 fully saturated rings. The molecule has 0 N–H and O–H groups in total. The van der Waals surface area contributed by atoms with E-state index in [0.717, 1.165) is 10.2 Å². The van der Waals surface area contributed by atoms with Crippen molar-refractivity contribution < 1.29 is 13.9 Å². The van der Waals surface area contributed by atoms with Crippen molar-refractivity contribution in [3.05, 3.63) is 88.5 Å². The van der Waals surface area contributed by atoms with Gasteiger partial charge in [-0.05, 0) is 35.9 Å². The maximum atomic E-state index is 13.0. The fourth-order valence-electron chi connectivity index (χ4n) is 2.24. The van der Waals surface area contributed by atoms with Crippen molar-refractivity contribution in [3.8, 4) is 11.3 Å². The summed E-state index contributed by atoms with van der Waals surface area (Å²) in [6, 6.07) is 17.8. The first kappa shape index (κ1) is 16.6. The van der Waals surface area contributed by atoms with Gasteiger partial charge in [-0.2, -0.15) is 5.10 Å². The van der Waals surface area contributed by atoms with E-state index in [2.05, 4.69) is 5.10 Å². The molecule has 1 heterocycles. The molecular formula is C19H15FN2O3. The van der Waals surface area contributed by atoms with Crippen LogP contribution in [0.2, 0.25) is 0 Å². The summed E-state index contributed by atoms with van der Waals surface area (Å²) in [4.78, 5) is 23.9. The number of carbonyl (C=O) groups excluding carboxylic acids is 1. The molecule has 0 aliphatic carbocycles. The molecule has 2 aromatic carbocycles. The lowest BCUT2D eigenvalue weighted by atomic mass is 10.1. The van der Waals surface area contributed by atoms with E-state index in [1.54, 1.807) is 12.1 Å². The summed E-state index contributed by atoms with van der Waals surface area (Å²) < 4.78 is 19.2. The zero-order chi connectivity index (χ0) is 17.6. The average Bonchev–Trinajstić information content (AvgIpc) is 2.63. The molecule has 3 aromatic rings. The molecule has 1 aromatic heterocycles. The van der Waals surface area contributed by atoms with Gasteiger partial charge in [0, 0.05) is 11.6 Å². The second kappa shape index (κ2) is 7.53. The number of halogens is 1. The van der Waals surface area contributed by atoms with Crippen LogP contribution in [-0.2, 0) is 22.7 Å². The fourth-order valence-corrected chi connectivity index (χ4v) is 2.24. The Balaban J connectivity index is 1.71. The van der Waals surface area contributed by atoms with Gasteiger partial charge in [-0.15, -0.1) is 0 Å². The van der Waals surface area contributed by atoms with E-state index in [-0.39, 0.29) is 19.0 Å². The normalized spacial score (nSPS) is 10.4. The first-order chi connectivity index (χ1) is 12.1. The maximum Gasteiger partial charge on any atom is 0.328 e. The van der Waals surface area contributed by atoms with E-state index in [1.165, 1.54) is 24.3 Å². The molecule has 0 radical (unpaired) electrons. The topological polar surface area (TPSA) is 61.2 Å². The molecule has 6 heteroatoms. The van der Waals surface area contributed by atoms with E-state index >= 15 is 0 Å². The smallest absolute Gasteiger partial charge is 0.328 e. The third-order valence-electron chi connectivity index (χ3n) is 3.53. The van der Waals surface area contributed by atoms with Crippen LogP contribution in [-0.4, -0.2) is 15.7 Å². The number of aromatic nitrogens is 2. The predicted molar refractivity (Wildman–Crippen MR) is 90.1 cm³/mol. The van der Waals surface area contributed by atoms with Crippen LogP contribution < -0.4 is 5.56 Å². The molecule has 0 unspecified atom stereocenters. The number of nitrogens with zero attached hydrogens (tertiary/aromatic N) is 2. The summed E-state index contributed by atoms with van der Waals surface area (Å²) in [5.41, 5.74) is 1.56. The molecule has 0 aliphatic rings. The molecule has 5 nitrogen and oxygen atoms in total. The Labute approximate surface area is 143 Å². The minimum absolute atomic E-state index is 0.131. The van der Waals surface area contributed by atoms with Crippen molar-refractivity contribution in [2.24, 2.45) is 0 Å². The van der Waals surface area contributed by atoms with Crippen molar-refractivity contribution >= 4 is 5.97 Å². The highest BCUT2D eigenvalue weighted by molar-refractivity contribution is 5.69. The standard InChI is InChI=1S/C19H15FN2O3/c20-16-8-6-15(7-9-16)17-10-11-18(23)22(21-17)12-19(24)25-13-14-4-2-1-3-5-14/h1-11H,12-13H2. The van der Waals surface area contributed by atoms with Gasteiger partial charge in [0.25, 0.3) is 5.56 Å². The van der Waals surface area contributed by atoms with Gasteiger partial charge in [-0.25, -0.2) is 9.07 Å². The number of benzene rings is 2. The van der Waals surface area contributed by atoms with Gasteiger partial charge in [0.1, 0.15) is 19.0 Å². The molecule has 0 spiro atoms. The number of hydrogen-bond donors (Lipinski definition) is 0. The lowest BCUT2D eigenvalue weighted by Crippen LogP contribution is -2.27. The summed E-state index contributed by atoms with van der Waals surface area (Å²) in [5, 5.41) is 4.15. The van der Waals surface area contributed by atoms with Crippen LogP contribution in [0, 0.1) is 5.82 Å². The third kappa shape index (κ3) is 4.38. The van der Waals surface area contributed by atoms with Gasteiger partial charge >= 0.3 is 5.97 Å². The van der Waals surface area contributed by atoms with E-state index in [4.69, 9.17) is 4.74 Å². The fraction of sp³-hybridized carbons (Fsp3) is 0.105. The summed E-state index contributed by atoms with van der Waals surface area (Å²) in [5.74, 6) is -0.920. The average molecular weight is 338 g/mol. The molecular weight excluding hydrogens is 323 g/mol. The van der Waals surface area contributed by atoms with E-state index in [9.17, 15) is 14.0 Å². The second-order valence-corrected chi connectivity index (χ2v) is 5.37. The van der Waals surface area contributed by atoms with Crippen molar-refractivity contribution in [2.75, 3.05) is 0 Å². The maximum absolute atomic E-state index is 13.0. The first-order valence-electron chi connectivity index (χ1n) is 7.65. The molecule has 0 saturated carbocycles. The molecule has 0 amide bonds. The van der Waals surface area contributed by atoms with Crippen LogP contribution in [0.5, 0.6) is 0 Å². The zero-order valence-corrected chi connectivity index (χ0v) is 13.3. The van der Waals surface area contributed by atoms with Crippen LogP contribution in [0.1, 0.15) is 5.56 Å². The minimum atomic E-state index is -0.560. The van der Waals surface area contributed by atoms with Gasteiger partial charge in [0.15, 0.2) is 0 Å². The summed E-state index contributed by atoms with van der Waals surface area (Å²) in [6.45, 7) is -0.160. The van der Waals surface area contributed by atoms with Crippen LogP contribution >= 0.6 is 0 Å². The van der Waals surface area contributed by atoms with Gasteiger partial charge in [0.05, 0.1) is 5.69 Å². The number of rotatable bonds is 5. The first-order valence-corrected chi connectivity index (χ1v) is 7.65. The van der Waals surface area contributed by atoms with E-state index in [0.29, 0.717) is 11.3 Å². The molecule has 126 valence electrons. The van der Waals surface area contributed by atoms with Crippen molar-refractivity contribution in [1.29, 1.82) is 0 Å². The Morgan fingerprint density at radius 1 is 1.00 bits per heavy atom. The van der Waals surface area contributed by atoms with Gasteiger partial charge < -0.3 is 4.74 Å². The highest BCUT2D eigenvalue weighted by Crippen LogP contribution is 2.15. The summed E-state index contributed by atoms with van der Waals surface area (Å²) >= 11 is 0. The molecule has 25 heavy (non-hydrogen) atoms. The molecule has 0 atom stereocenters. The SMILES string of the molecule is O=C(Cn1nc(-c2ccc(F)cc2)ccc1=O)OCc1ccccc1.